The van der Waals surface area contributed by atoms with E-state index >= 15 is 0 Å². The zero-order chi connectivity index (χ0) is 14.9. The summed E-state index contributed by atoms with van der Waals surface area (Å²) in [5.74, 6) is 0.598. The summed E-state index contributed by atoms with van der Waals surface area (Å²) in [6, 6.07) is 6.90. The van der Waals surface area contributed by atoms with E-state index in [4.69, 9.17) is 11.6 Å². The largest absolute Gasteiger partial charge is 0.364 e. The molecule has 1 aliphatic rings. The molecule has 3 heteroatoms. The maximum Gasteiger partial charge on any atom is 0.0642 e. The monoisotopic (exact) mass is 294 g/mol. The Morgan fingerprint density at radius 2 is 2.15 bits per heavy atom. The van der Waals surface area contributed by atoms with Crippen molar-refractivity contribution in [3.63, 3.8) is 0 Å². The average Bonchev–Trinajstić information content (AvgIpc) is 2.38. The van der Waals surface area contributed by atoms with Crippen molar-refractivity contribution in [2.75, 3.05) is 18.0 Å². The highest BCUT2D eigenvalue weighted by Crippen LogP contribution is 2.33. The first-order valence-electron chi connectivity index (χ1n) is 7.64. The Bertz CT molecular complexity index is 472. The van der Waals surface area contributed by atoms with Gasteiger partial charge in [0, 0.05) is 24.7 Å². The van der Waals surface area contributed by atoms with E-state index in [-0.39, 0.29) is 5.54 Å². The number of anilines is 1. The van der Waals surface area contributed by atoms with Crippen molar-refractivity contribution in [3.05, 3.63) is 28.8 Å². The normalized spacial score (nSPS) is 27.1. The van der Waals surface area contributed by atoms with Gasteiger partial charge in [-0.05, 0) is 43.9 Å². The van der Waals surface area contributed by atoms with Gasteiger partial charge in [0.1, 0.15) is 0 Å². The van der Waals surface area contributed by atoms with Crippen molar-refractivity contribution in [2.24, 2.45) is 5.92 Å². The van der Waals surface area contributed by atoms with Gasteiger partial charge in [-0.3, -0.25) is 0 Å². The number of nitrogens with zero attached hydrogens (tertiary/aromatic N) is 1. The summed E-state index contributed by atoms with van der Waals surface area (Å²) in [6.45, 7) is 13.2. The van der Waals surface area contributed by atoms with Crippen molar-refractivity contribution >= 4 is 17.3 Å². The molecule has 112 valence electrons. The number of hydrogen-bond acceptors (Lipinski definition) is 2. The molecule has 0 aliphatic carbocycles. The highest BCUT2D eigenvalue weighted by molar-refractivity contribution is 6.33. The molecule has 2 rings (SSSR count). The van der Waals surface area contributed by atoms with E-state index < -0.39 is 0 Å². The van der Waals surface area contributed by atoms with E-state index in [1.54, 1.807) is 0 Å². The lowest BCUT2D eigenvalue weighted by Crippen LogP contribution is -2.64. The van der Waals surface area contributed by atoms with Crippen LogP contribution in [0.5, 0.6) is 0 Å². The number of rotatable bonds is 3. The number of aryl methyl sites for hydroxylation is 1. The molecule has 1 N–H and O–H groups in total. The molecule has 0 saturated carbocycles. The van der Waals surface area contributed by atoms with Gasteiger partial charge >= 0.3 is 0 Å². The van der Waals surface area contributed by atoms with Crippen LogP contribution in [-0.2, 0) is 0 Å². The first kappa shape index (κ1) is 15.7. The lowest BCUT2D eigenvalue weighted by Gasteiger charge is -2.49. The molecule has 1 saturated heterocycles. The lowest BCUT2D eigenvalue weighted by molar-refractivity contribution is 0.253. The minimum Gasteiger partial charge on any atom is -0.364 e. The predicted molar refractivity (Wildman–Crippen MR) is 88.9 cm³/mol. The summed E-state index contributed by atoms with van der Waals surface area (Å²) in [6.07, 6.45) is 1.12. The summed E-state index contributed by atoms with van der Waals surface area (Å²) in [5.41, 5.74) is 2.56. The molecule has 0 aromatic heterocycles. The van der Waals surface area contributed by atoms with Crippen molar-refractivity contribution in [2.45, 2.75) is 52.6 Å². The SMILES string of the molecule is CCC1(C)CN(c2ccc(C)cc2Cl)C(C(C)C)CN1. The number of halogens is 1. The number of benzene rings is 1. The molecular formula is C17H27ClN2. The Morgan fingerprint density at radius 3 is 2.70 bits per heavy atom. The maximum atomic E-state index is 6.51. The highest BCUT2D eigenvalue weighted by Gasteiger charge is 2.36. The van der Waals surface area contributed by atoms with E-state index in [0.29, 0.717) is 12.0 Å². The molecule has 1 fully saturated rings. The van der Waals surface area contributed by atoms with Gasteiger partial charge in [-0.25, -0.2) is 0 Å². The molecule has 2 atom stereocenters. The third-order valence-corrected chi connectivity index (χ3v) is 4.92. The molecule has 20 heavy (non-hydrogen) atoms. The number of piperazine rings is 1. The fourth-order valence-electron chi connectivity index (χ4n) is 2.95. The van der Waals surface area contributed by atoms with Crippen LogP contribution in [0.25, 0.3) is 0 Å². The number of nitrogens with one attached hydrogen (secondary N) is 1. The summed E-state index contributed by atoms with van der Waals surface area (Å²) in [7, 11) is 0. The lowest BCUT2D eigenvalue weighted by atomic mass is 9.89. The third-order valence-electron chi connectivity index (χ3n) is 4.62. The smallest absolute Gasteiger partial charge is 0.0642 e. The molecule has 1 aliphatic heterocycles. The molecule has 1 aromatic rings. The highest BCUT2D eigenvalue weighted by atomic mass is 35.5. The molecule has 0 spiro atoms. The topological polar surface area (TPSA) is 15.3 Å². The van der Waals surface area contributed by atoms with Crippen LogP contribution in [-0.4, -0.2) is 24.7 Å². The van der Waals surface area contributed by atoms with Gasteiger partial charge in [-0.1, -0.05) is 38.4 Å². The Morgan fingerprint density at radius 1 is 1.45 bits per heavy atom. The summed E-state index contributed by atoms with van der Waals surface area (Å²) in [5, 5.41) is 4.59. The second-order valence-corrected chi connectivity index (χ2v) is 7.10. The molecule has 1 heterocycles. The molecule has 2 unspecified atom stereocenters. The molecular weight excluding hydrogens is 268 g/mol. The predicted octanol–water partition coefficient (Wildman–Crippen LogP) is 4.25. The molecule has 0 amide bonds. The maximum absolute atomic E-state index is 6.51. The first-order chi connectivity index (χ1) is 9.36. The van der Waals surface area contributed by atoms with Crippen molar-refractivity contribution in [1.82, 2.24) is 5.32 Å². The van der Waals surface area contributed by atoms with Crippen LogP contribution >= 0.6 is 11.6 Å². The van der Waals surface area contributed by atoms with Crippen molar-refractivity contribution in [1.29, 1.82) is 0 Å². The van der Waals surface area contributed by atoms with E-state index in [1.165, 1.54) is 11.3 Å². The van der Waals surface area contributed by atoms with E-state index in [9.17, 15) is 0 Å². The quantitative estimate of drug-likeness (QED) is 0.896. The Kier molecular flexibility index (Phi) is 4.66. The molecule has 2 nitrogen and oxygen atoms in total. The van der Waals surface area contributed by atoms with Crippen LogP contribution in [0.15, 0.2) is 18.2 Å². The zero-order valence-electron chi connectivity index (χ0n) is 13.3. The van der Waals surface area contributed by atoms with Gasteiger partial charge in [0.15, 0.2) is 0 Å². The summed E-state index contributed by atoms with van der Waals surface area (Å²) in [4.78, 5) is 2.51. The Labute approximate surface area is 128 Å². The molecule has 0 radical (unpaired) electrons. The first-order valence-corrected chi connectivity index (χ1v) is 8.02. The van der Waals surface area contributed by atoms with E-state index in [0.717, 1.165) is 24.5 Å². The standard InChI is InChI=1S/C17H27ClN2/c1-6-17(5)11-20(16(10-19-17)12(2)3)15-8-7-13(4)9-14(15)18/h7-9,12,16,19H,6,10-11H2,1-5H3. The second-order valence-electron chi connectivity index (χ2n) is 6.69. The van der Waals surface area contributed by atoms with Crippen LogP contribution in [0.1, 0.15) is 39.7 Å². The molecule has 1 aromatic carbocycles. The van der Waals surface area contributed by atoms with Crippen molar-refractivity contribution < 1.29 is 0 Å². The van der Waals surface area contributed by atoms with E-state index in [1.807, 2.05) is 0 Å². The number of hydrogen-bond donors (Lipinski definition) is 1. The minimum absolute atomic E-state index is 0.166. The average molecular weight is 295 g/mol. The van der Waals surface area contributed by atoms with E-state index in [2.05, 4.69) is 63.0 Å². The van der Waals surface area contributed by atoms with Crippen LogP contribution < -0.4 is 10.2 Å². The van der Waals surface area contributed by atoms with Gasteiger partial charge in [-0.15, -0.1) is 0 Å². The molecule has 0 bridgehead atoms. The third kappa shape index (κ3) is 3.12. The van der Waals surface area contributed by atoms with Gasteiger partial charge in [-0.2, -0.15) is 0 Å². The Balaban J connectivity index is 2.36. The van der Waals surface area contributed by atoms with Gasteiger partial charge in [0.25, 0.3) is 0 Å². The zero-order valence-corrected chi connectivity index (χ0v) is 14.1. The van der Waals surface area contributed by atoms with Crippen LogP contribution in [0.4, 0.5) is 5.69 Å². The van der Waals surface area contributed by atoms with Gasteiger partial charge in [0.05, 0.1) is 10.7 Å². The second kappa shape index (κ2) is 5.95. The van der Waals surface area contributed by atoms with Gasteiger partial charge < -0.3 is 10.2 Å². The summed E-state index contributed by atoms with van der Waals surface area (Å²) < 4.78 is 0. The van der Waals surface area contributed by atoms with Crippen LogP contribution in [0.3, 0.4) is 0 Å². The minimum atomic E-state index is 0.166. The van der Waals surface area contributed by atoms with Crippen LogP contribution in [0.2, 0.25) is 5.02 Å². The van der Waals surface area contributed by atoms with Crippen molar-refractivity contribution in [3.8, 4) is 0 Å². The van der Waals surface area contributed by atoms with Crippen LogP contribution in [0, 0.1) is 12.8 Å². The fourth-order valence-corrected chi connectivity index (χ4v) is 3.30. The Hall–Kier alpha value is -0.730. The van der Waals surface area contributed by atoms with Gasteiger partial charge in [0.2, 0.25) is 0 Å². The summed E-state index contributed by atoms with van der Waals surface area (Å²) >= 11 is 6.51. The fraction of sp³-hybridized carbons (Fsp3) is 0.647.